The first-order valence-corrected chi connectivity index (χ1v) is 25.8. The van der Waals surface area contributed by atoms with Gasteiger partial charge < -0.3 is 41.3 Å². The lowest BCUT2D eigenvalue weighted by atomic mass is 9.97. The average Bonchev–Trinajstić information content (AvgIpc) is 4.02. The molecule has 18 heteroatoms. The third-order valence-electron chi connectivity index (χ3n) is 12.1. The fourth-order valence-electron chi connectivity index (χ4n) is 7.68. The highest BCUT2D eigenvalue weighted by Crippen LogP contribution is 2.37. The van der Waals surface area contributed by atoms with Crippen molar-refractivity contribution in [3.05, 3.63) is 57.1 Å². The molecule has 2 aliphatic heterocycles. The van der Waals surface area contributed by atoms with Crippen molar-refractivity contribution in [1.29, 1.82) is 0 Å². The lowest BCUT2D eigenvalue weighted by molar-refractivity contribution is 0.0629. The van der Waals surface area contributed by atoms with Crippen LogP contribution in [0.15, 0.2) is 24.5 Å². The fourth-order valence-corrected chi connectivity index (χ4v) is 9.78. The Morgan fingerprint density at radius 2 is 1.10 bits per heavy atom. The molecule has 16 nitrogen and oxygen atoms in total. The summed E-state index contributed by atoms with van der Waals surface area (Å²) in [6.45, 7) is 29.7. The van der Waals surface area contributed by atoms with Gasteiger partial charge in [0, 0.05) is 73.9 Å². The van der Waals surface area contributed by atoms with Crippen molar-refractivity contribution in [3.63, 3.8) is 0 Å². The number of hydrogen-bond donors (Lipinski definition) is 6. The molecule has 4 aromatic heterocycles. The second-order valence-corrected chi connectivity index (χ2v) is 23.8. The maximum atomic E-state index is 13.6. The molecule has 2 saturated heterocycles. The third kappa shape index (κ3) is 15.2. The van der Waals surface area contributed by atoms with Crippen LogP contribution in [-0.4, -0.2) is 125 Å². The highest BCUT2D eigenvalue weighted by atomic mass is 32.1. The van der Waals surface area contributed by atoms with Crippen molar-refractivity contribution < 1.29 is 29.4 Å². The molecule has 0 spiro atoms. The Kier molecular flexibility index (Phi) is 17.8. The van der Waals surface area contributed by atoms with Crippen LogP contribution in [0.4, 0.5) is 11.6 Å². The summed E-state index contributed by atoms with van der Waals surface area (Å²) in [6.07, 6.45) is 9.38. The van der Waals surface area contributed by atoms with E-state index in [-0.39, 0.29) is 69.3 Å². The number of nitrogens with zero attached hydrogens (tertiary/aromatic N) is 6. The van der Waals surface area contributed by atoms with Crippen LogP contribution in [0.3, 0.4) is 0 Å². The predicted octanol–water partition coefficient (Wildman–Crippen LogP) is 8.73. The van der Waals surface area contributed by atoms with Gasteiger partial charge in [-0.25, -0.2) is 19.9 Å². The van der Waals surface area contributed by atoms with Gasteiger partial charge in [0.25, 0.3) is 23.6 Å². The number of piperidine rings is 1. The van der Waals surface area contributed by atoms with Crippen molar-refractivity contribution in [2.75, 3.05) is 43.4 Å². The first-order chi connectivity index (χ1) is 32.1. The number of carbonyl (C=O) groups is 4. The lowest BCUT2D eigenvalue weighted by Gasteiger charge is -2.33. The van der Waals surface area contributed by atoms with Gasteiger partial charge in [-0.1, -0.05) is 27.7 Å². The predicted molar refractivity (Wildman–Crippen MR) is 277 cm³/mol. The molecular formula is C51H76N10O6S2. The molecule has 378 valence electrons. The van der Waals surface area contributed by atoms with E-state index in [1.54, 1.807) is 40.1 Å². The maximum Gasteiger partial charge on any atom is 0.280 e. The molecule has 0 bridgehead atoms. The highest BCUT2D eigenvalue weighted by molar-refractivity contribution is 7.17. The highest BCUT2D eigenvalue weighted by Gasteiger charge is 2.34. The minimum absolute atomic E-state index is 0.0847. The second kappa shape index (κ2) is 22.4. The number of aryl methyl sites for hydroxylation is 2. The summed E-state index contributed by atoms with van der Waals surface area (Å²) in [6, 6.07) is 4.19. The number of hydrogen-bond acceptors (Lipinski definition) is 14. The van der Waals surface area contributed by atoms with E-state index in [1.807, 2.05) is 42.7 Å². The number of nitrogens with one attached hydrogen (secondary N) is 4. The standard InChI is InChI=1S/C26H39N5O3S.C25H37N5O3S/c1-16-12-19(28-14-25(3,4)5)27-13-18(16)21-20(24(33)31-11-9-8-10-17(31)2)30-23(35-21)22(32)29-15-26(6,7)34;1-8-24(4,5)29-18-12-15(2)17(13-26-18)20-19(23(32)30-11-9-10-16(30)3)28-22(34-20)21(31)27-14-25(6,7)33/h12-13,17,34H,8-11,14-15H2,1-7H3,(H,27,28)(H,29,32);12-13,16,33H,8-11,14H2,1-7H3,(H,26,29)(H,27,31)/t17-;16-/m00/s1. The van der Waals surface area contributed by atoms with Crippen molar-refractivity contribution in [2.24, 2.45) is 5.41 Å². The average molecular weight is 989 g/mol. The summed E-state index contributed by atoms with van der Waals surface area (Å²) >= 11 is 2.37. The number of amides is 4. The number of aliphatic hydroxyl groups is 2. The molecule has 2 aliphatic rings. The summed E-state index contributed by atoms with van der Waals surface area (Å²) in [7, 11) is 0. The molecule has 69 heavy (non-hydrogen) atoms. The van der Waals surface area contributed by atoms with Crippen molar-refractivity contribution in [3.8, 4) is 20.9 Å². The van der Waals surface area contributed by atoms with E-state index in [1.165, 1.54) is 22.7 Å². The van der Waals surface area contributed by atoms with E-state index < -0.39 is 23.0 Å². The Hall–Kier alpha value is -5.04. The van der Waals surface area contributed by atoms with Gasteiger partial charge in [-0.05, 0) is 136 Å². The minimum Gasteiger partial charge on any atom is -0.389 e. The van der Waals surface area contributed by atoms with E-state index in [2.05, 4.69) is 89.7 Å². The summed E-state index contributed by atoms with van der Waals surface area (Å²) in [4.78, 5) is 75.9. The number of pyridine rings is 2. The van der Waals surface area contributed by atoms with Crippen LogP contribution in [0, 0.1) is 19.3 Å². The molecule has 4 aromatic rings. The van der Waals surface area contributed by atoms with Crippen LogP contribution in [0.1, 0.15) is 173 Å². The van der Waals surface area contributed by atoms with E-state index in [0.29, 0.717) is 22.8 Å². The van der Waals surface area contributed by atoms with Crippen LogP contribution in [0.25, 0.3) is 20.9 Å². The molecule has 0 unspecified atom stereocenters. The molecular weight excluding hydrogens is 913 g/mol. The van der Waals surface area contributed by atoms with Crippen LogP contribution >= 0.6 is 22.7 Å². The van der Waals surface area contributed by atoms with E-state index in [0.717, 1.165) is 79.0 Å². The van der Waals surface area contributed by atoms with Crippen molar-refractivity contribution in [1.82, 2.24) is 40.4 Å². The van der Waals surface area contributed by atoms with Gasteiger partial charge in [-0.2, -0.15) is 0 Å². The van der Waals surface area contributed by atoms with Gasteiger partial charge in [-0.3, -0.25) is 19.2 Å². The smallest absolute Gasteiger partial charge is 0.280 e. The second-order valence-electron chi connectivity index (χ2n) is 21.8. The van der Waals surface area contributed by atoms with E-state index in [9.17, 15) is 29.4 Å². The zero-order chi connectivity index (χ0) is 51.2. The summed E-state index contributed by atoms with van der Waals surface area (Å²) in [5.74, 6) is 0.410. The van der Waals surface area contributed by atoms with Gasteiger partial charge >= 0.3 is 0 Å². The summed E-state index contributed by atoms with van der Waals surface area (Å²) in [5.41, 5.74) is 1.97. The Morgan fingerprint density at radius 3 is 1.49 bits per heavy atom. The number of likely N-dealkylation sites (tertiary alicyclic amines) is 2. The van der Waals surface area contributed by atoms with Gasteiger partial charge in [-0.15, -0.1) is 22.7 Å². The van der Waals surface area contributed by atoms with Crippen molar-refractivity contribution >= 4 is 57.9 Å². The molecule has 6 rings (SSSR count). The lowest BCUT2D eigenvalue weighted by Crippen LogP contribution is -2.42. The van der Waals surface area contributed by atoms with Gasteiger partial charge in [0.05, 0.1) is 21.0 Å². The largest absolute Gasteiger partial charge is 0.389 e. The molecule has 6 N–H and O–H groups in total. The van der Waals surface area contributed by atoms with Crippen LogP contribution in [0.5, 0.6) is 0 Å². The van der Waals surface area contributed by atoms with Gasteiger partial charge in [0.1, 0.15) is 23.0 Å². The first-order valence-electron chi connectivity index (χ1n) is 24.2. The molecule has 0 aliphatic carbocycles. The first kappa shape index (κ1) is 54.9. The maximum absolute atomic E-state index is 13.6. The Balaban J connectivity index is 0.000000258. The zero-order valence-corrected chi connectivity index (χ0v) is 44.9. The topological polar surface area (TPSA) is 215 Å². The number of anilines is 2. The van der Waals surface area contributed by atoms with Crippen LogP contribution in [0.2, 0.25) is 0 Å². The number of thiazole rings is 2. The molecule has 2 fully saturated rings. The monoisotopic (exact) mass is 989 g/mol. The summed E-state index contributed by atoms with van der Waals surface area (Å²) < 4.78 is 0. The number of aromatic nitrogens is 4. The Morgan fingerprint density at radius 1 is 0.667 bits per heavy atom. The Labute approximate surface area is 416 Å². The molecule has 4 amide bonds. The van der Waals surface area contributed by atoms with E-state index in [4.69, 9.17) is 0 Å². The summed E-state index contributed by atoms with van der Waals surface area (Å²) in [5, 5.41) is 32.6. The fraction of sp³-hybridized carbons (Fsp3) is 0.608. The number of carbonyl (C=O) groups excluding carboxylic acids is 4. The van der Waals surface area contributed by atoms with Crippen molar-refractivity contribution in [2.45, 2.75) is 164 Å². The van der Waals surface area contributed by atoms with Gasteiger partial charge in [0.2, 0.25) is 0 Å². The van der Waals surface area contributed by atoms with Gasteiger partial charge in [0.15, 0.2) is 10.0 Å². The van der Waals surface area contributed by atoms with Crippen LogP contribution in [-0.2, 0) is 0 Å². The van der Waals surface area contributed by atoms with Crippen LogP contribution < -0.4 is 21.3 Å². The normalized spacial score (nSPS) is 16.7. The number of rotatable bonds is 15. The molecule has 0 saturated carbocycles. The Bertz CT molecular complexity index is 2460. The van der Waals surface area contributed by atoms with E-state index >= 15 is 0 Å². The molecule has 0 radical (unpaired) electrons. The SMILES string of the molecule is CCC(C)(C)Nc1cc(C)c(-c2sc(C(=O)NCC(C)(C)O)nc2C(=O)N2CCC[C@@H]2C)cn1.Cc1cc(NCC(C)(C)C)ncc1-c1sc(C(=O)NCC(C)(C)O)nc1C(=O)N1CCCC[C@@H]1C. The third-order valence-corrected chi connectivity index (χ3v) is 14.3. The quantitative estimate of drug-likeness (QED) is 0.0660. The molecule has 2 atom stereocenters. The zero-order valence-electron chi connectivity index (χ0n) is 43.3. The molecule has 0 aromatic carbocycles. The molecule has 6 heterocycles. The minimum atomic E-state index is -1.05.